The molecule has 0 aliphatic rings. The van der Waals surface area contributed by atoms with Gasteiger partial charge in [-0.3, -0.25) is 14.6 Å². The molecule has 1 aromatic carbocycles. The summed E-state index contributed by atoms with van der Waals surface area (Å²) >= 11 is 0. The van der Waals surface area contributed by atoms with Gasteiger partial charge in [0.25, 0.3) is 5.91 Å². The van der Waals surface area contributed by atoms with E-state index < -0.39 is 11.9 Å². The molecule has 0 radical (unpaired) electrons. The first kappa shape index (κ1) is 50.3. The molecule has 2 rings (SSSR count). The second-order valence-electron chi connectivity index (χ2n) is 13.8. The Balaban J connectivity index is 1.62. The lowest BCUT2D eigenvalue weighted by atomic mass is 9.98. The zero-order valence-electron chi connectivity index (χ0n) is 36.5. The Hall–Kier alpha value is -5.83. The molecule has 11 nitrogen and oxygen atoms in total. The Morgan fingerprint density at radius 1 is 1.02 bits per heavy atom. The highest BCUT2D eigenvalue weighted by atomic mass is 16.5. The zero-order chi connectivity index (χ0) is 44.0. The first-order valence-electron chi connectivity index (χ1n) is 20.7. The monoisotopic (exact) mass is 819 g/mol. The fourth-order valence-corrected chi connectivity index (χ4v) is 5.88. The number of rotatable bonds is 28. The molecular weight excluding hydrogens is 755 g/mol. The topological polar surface area (TPSA) is 143 Å². The number of aryl methyl sites for hydroxylation is 1. The van der Waals surface area contributed by atoms with Crippen LogP contribution in [0, 0.1) is 24.2 Å². The Morgan fingerprint density at radius 2 is 1.78 bits per heavy atom. The first-order chi connectivity index (χ1) is 29.1. The highest BCUT2D eigenvalue weighted by Gasteiger charge is 2.27. The summed E-state index contributed by atoms with van der Waals surface area (Å²) in [6.45, 7) is 15.8. The van der Waals surface area contributed by atoms with Gasteiger partial charge in [-0.15, -0.1) is 0 Å². The number of pyridine rings is 1. The van der Waals surface area contributed by atoms with Crippen LogP contribution in [0.15, 0.2) is 102 Å². The number of likely N-dealkylation sites (N-methyl/N-ethyl adjacent to an activating group) is 2. The molecule has 1 unspecified atom stereocenters. The normalized spacial score (nSPS) is 12.5. The van der Waals surface area contributed by atoms with Crippen molar-refractivity contribution >= 4 is 30.4 Å². The van der Waals surface area contributed by atoms with E-state index in [-0.39, 0.29) is 30.9 Å². The number of carbonyl (C=O) groups excluding carboxylic acids is 3. The summed E-state index contributed by atoms with van der Waals surface area (Å²) in [5, 5.41) is 13.7. The molecule has 0 aliphatic heterocycles. The molecule has 3 N–H and O–H groups in total. The molecule has 1 atom stereocenters. The molecule has 1 heterocycles. The summed E-state index contributed by atoms with van der Waals surface area (Å²) in [6, 6.07) is 6.15. The van der Waals surface area contributed by atoms with Gasteiger partial charge in [-0.25, -0.2) is 0 Å². The summed E-state index contributed by atoms with van der Waals surface area (Å²) in [7, 11) is 3.00. The SMILES string of the molecule is C=C(\C=C/C(=C\C)C(/C=C\C)=C/C(=C/c1cnccc1C)CC)OCC#CCNCCCCOCCCCOc1ccc(C(=O)N(C)C(CCC=O)C(=O)NC)c(C=N)c1. The average Bonchev–Trinajstić information content (AvgIpc) is 3.26. The van der Waals surface area contributed by atoms with Gasteiger partial charge in [-0.2, -0.15) is 0 Å². The van der Waals surface area contributed by atoms with Crippen LogP contribution in [0.5, 0.6) is 5.75 Å². The molecule has 322 valence electrons. The predicted octanol–water partition coefficient (Wildman–Crippen LogP) is 8.13. The second-order valence-corrected chi connectivity index (χ2v) is 13.8. The number of allylic oxidation sites excluding steroid dienone is 9. The van der Waals surface area contributed by atoms with E-state index in [1.54, 1.807) is 18.2 Å². The summed E-state index contributed by atoms with van der Waals surface area (Å²) < 4.78 is 17.4. The lowest BCUT2D eigenvalue weighted by molar-refractivity contribution is -0.125. The molecule has 0 spiro atoms. The number of amides is 2. The van der Waals surface area contributed by atoms with Crippen molar-refractivity contribution in [3.8, 4) is 17.6 Å². The molecule has 0 saturated carbocycles. The molecule has 0 saturated heterocycles. The van der Waals surface area contributed by atoms with Crippen molar-refractivity contribution in [3.05, 3.63) is 124 Å². The summed E-state index contributed by atoms with van der Waals surface area (Å²) in [5.41, 5.74) is 6.35. The van der Waals surface area contributed by atoms with Crippen molar-refractivity contribution in [1.29, 1.82) is 5.41 Å². The maximum atomic E-state index is 13.2. The van der Waals surface area contributed by atoms with Crippen LogP contribution in [-0.4, -0.2) is 93.9 Å². The van der Waals surface area contributed by atoms with Gasteiger partial charge in [0, 0.05) is 63.5 Å². The van der Waals surface area contributed by atoms with E-state index in [1.807, 2.05) is 50.5 Å². The Kier molecular flexibility index (Phi) is 25.4. The number of aromatic nitrogens is 1. The quantitative estimate of drug-likeness (QED) is 0.0195. The van der Waals surface area contributed by atoms with Crippen LogP contribution in [-0.2, 0) is 19.1 Å². The molecule has 60 heavy (non-hydrogen) atoms. The molecule has 0 fully saturated rings. The first-order valence-corrected chi connectivity index (χ1v) is 20.7. The Morgan fingerprint density at radius 3 is 2.47 bits per heavy atom. The van der Waals surface area contributed by atoms with Gasteiger partial charge < -0.3 is 39.9 Å². The van der Waals surface area contributed by atoms with Crippen LogP contribution < -0.4 is 15.4 Å². The maximum absolute atomic E-state index is 13.2. The van der Waals surface area contributed by atoms with E-state index in [0.29, 0.717) is 43.4 Å². The summed E-state index contributed by atoms with van der Waals surface area (Å²) in [5.74, 6) is 6.46. The smallest absolute Gasteiger partial charge is 0.254 e. The average molecular weight is 820 g/mol. The van der Waals surface area contributed by atoms with Crippen molar-refractivity contribution in [2.75, 3.05) is 53.6 Å². The fraction of sp³-hybridized carbons (Fsp3) is 0.408. The highest BCUT2D eigenvalue weighted by Crippen LogP contribution is 2.22. The number of hydrogen-bond donors (Lipinski definition) is 3. The molecule has 2 amide bonds. The molecule has 0 aliphatic carbocycles. The number of hydrogen-bond acceptors (Lipinski definition) is 9. The largest absolute Gasteiger partial charge is 0.494 e. The van der Waals surface area contributed by atoms with Gasteiger partial charge in [0.15, 0.2) is 0 Å². The standard InChI is InChI=1S/C49H65N5O6/c1-8-18-42(33-40(9-2)34-44-37-53-27-24-38(44)4)41(10-3)21-20-39(5)59-31-14-12-26-52-25-11-13-29-58-30-15-16-32-60-45-22-23-46(43(35-45)36-50)49(57)54(7)47(19-17-28-55)48(56)51-6/h8,10,18,20-24,27-28,33-37,47,50,52H,5,9,11,13,15-17,19,25-26,29-32H2,1-4,6-7H3,(H,51,56)/b18-8-,21-20-,40-34+,41-10+,42-33+,50-36?. The highest BCUT2D eigenvalue weighted by molar-refractivity contribution is 6.03. The lowest BCUT2D eigenvalue weighted by Gasteiger charge is -2.27. The van der Waals surface area contributed by atoms with Gasteiger partial charge in [-0.1, -0.05) is 55.7 Å². The van der Waals surface area contributed by atoms with E-state index in [0.717, 1.165) is 67.9 Å². The third-order valence-electron chi connectivity index (χ3n) is 9.42. The molecule has 2 aromatic rings. The summed E-state index contributed by atoms with van der Waals surface area (Å²) in [4.78, 5) is 42.0. The number of ether oxygens (including phenoxy) is 3. The van der Waals surface area contributed by atoms with E-state index in [1.165, 1.54) is 30.1 Å². The number of nitrogens with one attached hydrogen (secondary N) is 3. The van der Waals surface area contributed by atoms with Crippen LogP contribution >= 0.6 is 0 Å². The van der Waals surface area contributed by atoms with Gasteiger partial charge in [0.05, 0.1) is 13.2 Å². The second kappa shape index (κ2) is 30.2. The van der Waals surface area contributed by atoms with Crippen molar-refractivity contribution in [2.24, 2.45) is 0 Å². The maximum Gasteiger partial charge on any atom is 0.254 e. The third kappa shape index (κ3) is 18.8. The molecule has 0 bridgehead atoms. The van der Waals surface area contributed by atoms with Gasteiger partial charge in [0.1, 0.15) is 30.4 Å². The zero-order valence-corrected chi connectivity index (χ0v) is 36.5. The van der Waals surface area contributed by atoms with Crippen LogP contribution in [0.2, 0.25) is 0 Å². The van der Waals surface area contributed by atoms with Crippen molar-refractivity contribution in [3.63, 3.8) is 0 Å². The van der Waals surface area contributed by atoms with Crippen molar-refractivity contribution < 1.29 is 28.6 Å². The predicted molar refractivity (Wildman–Crippen MR) is 243 cm³/mol. The number of carbonyl (C=O) groups is 3. The van der Waals surface area contributed by atoms with Crippen LogP contribution in [0.3, 0.4) is 0 Å². The minimum absolute atomic E-state index is 0.151. The van der Waals surface area contributed by atoms with E-state index in [2.05, 4.69) is 72.2 Å². The molecular formula is C49H65N5O6. The molecule has 11 heteroatoms. The Labute approximate surface area is 358 Å². The van der Waals surface area contributed by atoms with Crippen LogP contribution in [0.25, 0.3) is 6.08 Å². The fourth-order valence-electron chi connectivity index (χ4n) is 5.88. The summed E-state index contributed by atoms with van der Waals surface area (Å²) in [6.07, 6.45) is 24.9. The van der Waals surface area contributed by atoms with E-state index in [9.17, 15) is 14.4 Å². The Bertz CT molecular complexity index is 1920. The lowest BCUT2D eigenvalue weighted by Crippen LogP contribution is -2.47. The minimum Gasteiger partial charge on any atom is -0.494 e. The number of unbranched alkanes of at least 4 members (excludes halogenated alkanes) is 2. The number of benzene rings is 1. The van der Waals surface area contributed by atoms with Crippen molar-refractivity contribution in [1.82, 2.24) is 20.5 Å². The van der Waals surface area contributed by atoms with E-state index >= 15 is 0 Å². The molecule has 1 aromatic heterocycles. The third-order valence-corrected chi connectivity index (χ3v) is 9.42. The van der Waals surface area contributed by atoms with Crippen molar-refractivity contribution in [2.45, 2.75) is 78.7 Å². The van der Waals surface area contributed by atoms with E-state index in [4.69, 9.17) is 19.6 Å². The minimum atomic E-state index is -0.796. The van der Waals surface area contributed by atoms with Crippen LogP contribution in [0.1, 0.15) is 92.8 Å². The number of aldehydes is 1. The number of nitrogens with zero attached hydrogens (tertiary/aromatic N) is 2. The van der Waals surface area contributed by atoms with Gasteiger partial charge in [-0.05, 0) is 130 Å². The van der Waals surface area contributed by atoms with Gasteiger partial charge >= 0.3 is 0 Å². The van der Waals surface area contributed by atoms with Crippen LogP contribution in [0.4, 0.5) is 0 Å². The van der Waals surface area contributed by atoms with Gasteiger partial charge in [0.2, 0.25) is 5.91 Å².